The van der Waals surface area contributed by atoms with E-state index >= 15 is 0 Å². The minimum Gasteiger partial charge on any atom is -0.504 e. The molecule has 2 aromatic rings. The number of halogens is 3. The molecule has 0 unspecified atom stereocenters. The van der Waals surface area contributed by atoms with Crippen LogP contribution >= 0.6 is 0 Å². The van der Waals surface area contributed by atoms with Crippen LogP contribution in [0.2, 0.25) is 0 Å². The number of piperidine rings is 1. The number of alkyl halides is 3. The van der Waals surface area contributed by atoms with Crippen molar-refractivity contribution in [1.82, 2.24) is 9.80 Å². The summed E-state index contributed by atoms with van der Waals surface area (Å²) in [7, 11) is 3.72. The molecular formula is C30H31F3N2O5. The number of likely N-dealkylation sites (N-methyl/N-ethyl adjacent to an activating group) is 2. The molecule has 2 aliphatic heterocycles. The van der Waals surface area contributed by atoms with Gasteiger partial charge in [0.1, 0.15) is 11.7 Å². The molecule has 1 amide bonds. The Bertz CT molecular complexity index is 1410. The molecule has 2 aliphatic carbocycles. The molecule has 1 saturated heterocycles. The van der Waals surface area contributed by atoms with Gasteiger partial charge in [-0.1, -0.05) is 18.2 Å². The summed E-state index contributed by atoms with van der Waals surface area (Å²) in [5.74, 6) is -0.287. The van der Waals surface area contributed by atoms with Gasteiger partial charge in [0.25, 0.3) is 0 Å². The van der Waals surface area contributed by atoms with Gasteiger partial charge in [0, 0.05) is 25.6 Å². The lowest BCUT2D eigenvalue weighted by atomic mass is 9.48. The minimum atomic E-state index is -4.43. The molecule has 1 spiro atoms. The van der Waals surface area contributed by atoms with Crippen LogP contribution in [0.3, 0.4) is 0 Å². The second kappa shape index (κ2) is 8.99. The average Bonchev–Trinajstić information content (AvgIpc) is 3.26. The molecule has 2 aromatic carbocycles. The number of benzene rings is 2. The summed E-state index contributed by atoms with van der Waals surface area (Å²) in [4.78, 5) is 29.8. The first-order chi connectivity index (χ1) is 18.9. The van der Waals surface area contributed by atoms with E-state index in [-0.39, 0.29) is 23.7 Å². The first-order valence-corrected chi connectivity index (χ1v) is 13.4. The molecule has 212 valence electrons. The predicted octanol–water partition coefficient (Wildman–Crippen LogP) is 4.31. The predicted molar refractivity (Wildman–Crippen MR) is 140 cm³/mol. The molecule has 7 nitrogen and oxygen atoms in total. The smallest absolute Gasteiger partial charge is 0.416 e. The van der Waals surface area contributed by atoms with E-state index in [4.69, 9.17) is 9.47 Å². The summed E-state index contributed by atoms with van der Waals surface area (Å²) < 4.78 is 51.6. The van der Waals surface area contributed by atoms with Gasteiger partial charge in [-0.2, -0.15) is 13.2 Å². The second-order valence-electron chi connectivity index (χ2n) is 11.4. The highest BCUT2D eigenvalue weighted by Gasteiger charge is 2.75. The van der Waals surface area contributed by atoms with Gasteiger partial charge in [-0.05, 0) is 74.7 Å². The zero-order chi connectivity index (χ0) is 28.6. The number of esters is 1. The summed E-state index contributed by atoms with van der Waals surface area (Å²) >= 11 is 0. The Balaban J connectivity index is 1.36. The zero-order valence-corrected chi connectivity index (χ0v) is 22.5. The van der Waals surface area contributed by atoms with Gasteiger partial charge < -0.3 is 19.5 Å². The van der Waals surface area contributed by atoms with E-state index < -0.39 is 34.9 Å². The van der Waals surface area contributed by atoms with E-state index in [1.165, 1.54) is 31.2 Å². The largest absolute Gasteiger partial charge is 0.504 e. The molecule has 0 aromatic heterocycles. The van der Waals surface area contributed by atoms with Crippen LogP contribution in [0.25, 0.3) is 6.08 Å². The molecule has 40 heavy (non-hydrogen) atoms. The van der Waals surface area contributed by atoms with E-state index in [0.29, 0.717) is 37.0 Å². The Morgan fingerprint density at radius 1 is 1.18 bits per heavy atom. The molecule has 6 rings (SSSR count). The van der Waals surface area contributed by atoms with Crippen LogP contribution < -0.4 is 4.74 Å². The fraction of sp³-hybridized carbons (Fsp3) is 0.467. The van der Waals surface area contributed by atoms with E-state index in [1.54, 1.807) is 18.0 Å². The van der Waals surface area contributed by atoms with E-state index in [9.17, 15) is 27.9 Å². The molecule has 1 N–H and O–H groups in total. The van der Waals surface area contributed by atoms with Gasteiger partial charge in [-0.25, -0.2) is 0 Å². The van der Waals surface area contributed by atoms with Gasteiger partial charge >= 0.3 is 12.1 Å². The lowest BCUT2D eigenvalue weighted by molar-refractivity contribution is -0.220. The van der Waals surface area contributed by atoms with Crippen LogP contribution in [-0.2, 0) is 32.3 Å². The number of hydrogen-bond donors (Lipinski definition) is 1. The van der Waals surface area contributed by atoms with Gasteiger partial charge in [-0.3, -0.25) is 14.5 Å². The average molecular weight is 557 g/mol. The Labute approximate surface area is 230 Å². The monoisotopic (exact) mass is 556 g/mol. The Morgan fingerprint density at radius 3 is 2.58 bits per heavy atom. The number of hydrogen-bond acceptors (Lipinski definition) is 6. The summed E-state index contributed by atoms with van der Waals surface area (Å²) in [6.07, 6.45) is 0.139. The number of phenols is 1. The maximum Gasteiger partial charge on any atom is 0.416 e. The summed E-state index contributed by atoms with van der Waals surface area (Å²) in [6, 6.07) is 7.68. The molecule has 0 radical (unpaired) electrons. The summed E-state index contributed by atoms with van der Waals surface area (Å²) in [6.45, 7) is 2.15. The van der Waals surface area contributed by atoms with Crippen molar-refractivity contribution in [3.05, 3.63) is 64.7 Å². The maximum atomic E-state index is 13.4. The number of likely N-dealkylation sites (tertiary alicyclic amines) is 1. The maximum absolute atomic E-state index is 13.4. The van der Waals surface area contributed by atoms with Crippen molar-refractivity contribution in [3.8, 4) is 11.5 Å². The lowest BCUT2D eigenvalue weighted by Crippen LogP contribution is -2.78. The molecular weight excluding hydrogens is 525 g/mol. The van der Waals surface area contributed by atoms with E-state index in [1.807, 2.05) is 13.1 Å². The molecule has 2 heterocycles. The SMILES string of the molecule is CC(=O)O[C@@]12CC[C@@H](N(C)C(=O)C=Cc3ccc(C(F)(F)F)cc3)[C@@H]3Oc4c(O)ccc5c4[C@@]31CCN(C)[C@@H]2C5. The highest BCUT2D eigenvalue weighted by Crippen LogP contribution is 2.66. The van der Waals surface area contributed by atoms with Crippen molar-refractivity contribution in [2.24, 2.45) is 0 Å². The Kier molecular flexibility index (Phi) is 6.00. The highest BCUT2D eigenvalue weighted by molar-refractivity contribution is 5.92. The minimum absolute atomic E-state index is 0.0200. The number of nitrogens with zero attached hydrogens (tertiary/aromatic N) is 2. The Hall–Kier alpha value is -3.53. The first-order valence-electron chi connectivity index (χ1n) is 13.4. The number of ether oxygens (including phenoxy) is 2. The van der Waals surface area contributed by atoms with Gasteiger partial charge in [0.2, 0.25) is 5.91 Å². The number of phenolic OH excluding ortho intramolecular Hbond substituents is 1. The number of carbonyl (C=O) groups is 2. The fourth-order valence-electron chi connectivity index (χ4n) is 7.79. The number of rotatable bonds is 4. The first kappa shape index (κ1) is 26.7. The third kappa shape index (κ3) is 3.68. The van der Waals surface area contributed by atoms with Crippen molar-refractivity contribution in [2.45, 2.75) is 68.0 Å². The summed E-state index contributed by atoms with van der Waals surface area (Å²) in [5.41, 5.74) is 0.0246. The molecule has 2 fully saturated rings. The quantitative estimate of drug-likeness (QED) is 0.447. The molecule has 1 saturated carbocycles. The van der Waals surface area contributed by atoms with Crippen LogP contribution in [-0.4, -0.2) is 71.2 Å². The van der Waals surface area contributed by atoms with Gasteiger partial charge in [-0.15, -0.1) is 0 Å². The zero-order valence-electron chi connectivity index (χ0n) is 22.5. The normalized spacial score (nSPS) is 30.5. The van der Waals surface area contributed by atoms with Crippen LogP contribution in [0.15, 0.2) is 42.5 Å². The fourth-order valence-corrected chi connectivity index (χ4v) is 7.79. The molecule has 4 aliphatic rings. The van der Waals surface area contributed by atoms with Gasteiger partial charge in [0.15, 0.2) is 11.5 Å². The van der Waals surface area contributed by atoms with Crippen LogP contribution in [0.1, 0.15) is 48.4 Å². The van der Waals surface area contributed by atoms with Crippen molar-refractivity contribution in [2.75, 3.05) is 20.6 Å². The molecule has 10 heteroatoms. The second-order valence-corrected chi connectivity index (χ2v) is 11.4. The number of amides is 1. The lowest BCUT2D eigenvalue weighted by Gasteiger charge is -2.65. The van der Waals surface area contributed by atoms with Crippen LogP contribution in [0, 0.1) is 0 Å². The van der Waals surface area contributed by atoms with Crippen LogP contribution in [0.4, 0.5) is 13.2 Å². The van der Waals surface area contributed by atoms with E-state index in [0.717, 1.165) is 29.8 Å². The topological polar surface area (TPSA) is 79.3 Å². The number of carbonyl (C=O) groups excluding carboxylic acids is 2. The van der Waals surface area contributed by atoms with Gasteiger partial charge in [0.05, 0.1) is 23.1 Å². The third-order valence-electron chi connectivity index (χ3n) is 9.49. The summed E-state index contributed by atoms with van der Waals surface area (Å²) in [5, 5.41) is 10.8. The number of aromatic hydroxyl groups is 1. The van der Waals surface area contributed by atoms with Crippen molar-refractivity contribution in [3.63, 3.8) is 0 Å². The Morgan fingerprint density at radius 2 is 1.90 bits per heavy atom. The van der Waals surface area contributed by atoms with Crippen molar-refractivity contribution >= 4 is 18.0 Å². The highest BCUT2D eigenvalue weighted by atomic mass is 19.4. The van der Waals surface area contributed by atoms with Crippen molar-refractivity contribution < 1.29 is 37.3 Å². The molecule has 2 bridgehead atoms. The molecule has 5 atom stereocenters. The third-order valence-corrected chi connectivity index (χ3v) is 9.49. The standard InChI is InChI=1S/C30H31F3N2O5/c1-17(36)40-29-13-12-21(35(3)24(38)11-6-18-4-8-20(9-5-18)30(31,32)33)27-28(29)14-15-34(2)23(29)16-19-7-10-22(37)26(39-27)25(19)28/h4-11,21,23,27,37H,12-16H2,1-3H3/t21-,23-,27+,28+,29-/m1/s1. The van der Waals surface area contributed by atoms with Crippen molar-refractivity contribution in [1.29, 1.82) is 0 Å². The van der Waals surface area contributed by atoms with E-state index in [2.05, 4.69) is 4.90 Å². The van der Waals surface area contributed by atoms with Crippen LogP contribution in [0.5, 0.6) is 11.5 Å².